The van der Waals surface area contributed by atoms with Crippen LogP contribution in [0.1, 0.15) is 36.8 Å². The molecular formula is C16H19NO2. The van der Waals surface area contributed by atoms with Crippen LogP contribution in [0.25, 0.3) is 0 Å². The van der Waals surface area contributed by atoms with E-state index in [1.165, 1.54) is 30.4 Å². The molecule has 100 valence electrons. The van der Waals surface area contributed by atoms with Crippen LogP contribution in [0.15, 0.2) is 12.1 Å². The maximum Gasteiger partial charge on any atom is 0.165 e. The van der Waals surface area contributed by atoms with Crippen LogP contribution in [0, 0.1) is 5.92 Å². The molecule has 19 heavy (non-hydrogen) atoms. The maximum atomic E-state index is 10.2. The molecule has 3 heteroatoms. The van der Waals surface area contributed by atoms with E-state index in [0.29, 0.717) is 23.8 Å². The third-order valence-electron chi connectivity index (χ3n) is 6.04. The van der Waals surface area contributed by atoms with Crippen LogP contribution in [0.5, 0.6) is 11.5 Å². The zero-order valence-electron chi connectivity index (χ0n) is 11.0. The van der Waals surface area contributed by atoms with E-state index in [2.05, 4.69) is 11.4 Å². The summed E-state index contributed by atoms with van der Waals surface area (Å²) < 4.78 is 6.23. The highest BCUT2D eigenvalue weighted by molar-refractivity contribution is 5.60. The van der Waals surface area contributed by atoms with Crippen molar-refractivity contribution in [2.75, 3.05) is 6.54 Å². The highest BCUT2D eigenvalue weighted by Gasteiger charge is 2.61. The van der Waals surface area contributed by atoms with E-state index in [1.54, 1.807) is 0 Å². The molecule has 2 fully saturated rings. The van der Waals surface area contributed by atoms with Gasteiger partial charge in [0.25, 0.3) is 0 Å². The first kappa shape index (κ1) is 10.6. The van der Waals surface area contributed by atoms with Crippen molar-refractivity contribution in [3.05, 3.63) is 23.3 Å². The van der Waals surface area contributed by atoms with Crippen LogP contribution >= 0.6 is 0 Å². The quantitative estimate of drug-likeness (QED) is 0.748. The Kier molecular flexibility index (Phi) is 1.81. The Labute approximate surface area is 113 Å². The van der Waals surface area contributed by atoms with Gasteiger partial charge in [-0.05, 0) is 56.2 Å². The van der Waals surface area contributed by atoms with Crippen LogP contribution in [-0.4, -0.2) is 23.8 Å². The van der Waals surface area contributed by atoms with Gasteiger partial charge in [-0.1, -0.05) is 6.07 Å². The smallest absolute Gasteiger partial charge is 0.165 e. The minimum atomic E-state index is 0.204. The van der Waals surface area contributed by atoms with Crippen LogP contribution in [0.4, 0.5) is 0 Å². The number of ether oxygens (including phenoxy) is 1. The molecule has 1 saturated heterocycles. The van der Waals surface area contributed by atoms with Crippen molar-refractivity contribution >= 4 is 0 Å². The zero-order chi connectivity index (χ0) is 12.6. The number of benzene rings is 1. The van der Waals surface area contributed by atoms with Gasteiger partial charge in [-0.25, -0.2) is 0 Å². The zero-order valence-corrected chi connectivity index (χ0v) is 11.0. The molecule has 4 atom stereocenters. The summed E-state index contributed by atoms with van der Waals surface area (Å²) in [6, 6.07) is 4.55. The summed E-state index contributed by atoms with van der Waals surface area (Å²) in [4.78, 5) is 0. The average molecular weight is 257 g/mol. The highest BCUT2D eigenvalue weighted by atomic mass is 16.5. The van der Waals surface area contributed by atoms with Crippen molar-refractivity contribution < 1.29 is 9.84 Å². The molecule has 5 rings (SSSR count). The molecule has 2 aliphatic heterocycles. The molecule has 2 aliphatic carbocycles. The van der Waals surface area contributed by atoms with E-state index in [1.807, 2.05) is 6.07 Å². The fraction of sp³-hybridized carbons (Fsp3) is 0.625. The van der Waals surface area contributed by atoms with Crippen molar-refractivity contribution in [1.82, 2.24) is 5.32 Å². The number of rotatable bonds is 0. The van der Waals surface area contributed by atoms with Gasteiger partial charge in [0, 0.05) is 17.0 Å². The third kappa shape index (κ3) is 1.06. The minimum Gasteiger partial charge on any atom is -0.504 e. The van der Waals surface area contributed by atoms with E-state index < -0.39 is 0 Å². The van der Waals surface area contributed by atoms with Gasteiger partial charge in [-0.3, -0.25) is 0 Å². The molecule has 4 unspecified atom stereocenters. The molecule has 0 amide bonds. The molecule has 2 heterocycles. The van der Waals surface area contributed by atoms with Gasteiger partial charge in [0.2, 0.25) is 0 Å². The van der Waals surface area contributed by atoms with Crippen molar-refractivity contribution in [1.29, 1.82) is 0 Å². The first-order chi connectivity index (χ1) is 9.30. The van der Waals surface area contributed by atoms with Gasteiger partial charge in [-0.15, -0.1) is 0 Å². The standard InChI is InChI=1S/C16H19NO2/c18-12-5-4-9-8-11-10-2-1-3-13-16(10,6-7-17-11)14(9)15(12)19-13/h4-5,10-11,13,17-18H,1-3,6-8H2. The van der Waals surface area contributed by atoms with Gasteiger partial charge < -0.3 is 15.2 Å². The van der Waals surface area contributed by atoms with Crippen LogP contribution < -0.4 is 10.1 Å². The first-order valence-electron chi connectivity index (χ1n) is 7.56. The number of hydrogen-bond donors (Lipinski definition) is 2. The Hall–Kier alpha value is -1.22. The Bertz CT molecular complexity index is 570. The van der Waals surface area contributed by atoms with E-state index >= 15 is 0 Å². The van der Waals surface area contributed by atoms with Gasteiger partial charge in [0.15, 0.2) is 11.5 Å². The number of phenolic OH excluding ortho intramolecular Hbond substituents is 1. The van der Waals surface area contributed by atoms with Gasteiger partial charge in [0.05, 0.1) is 0 Å². The lowest BCUT2D eigenvalue weighted by Gasteiger charge is -2.55. The second-order valence-electron chi connectivity index (χ2n) is 6.65. The van der Waals surface area contributed by atoms with Crippen LogP contribution in [0.3, 0.4) is 0 Å². The number of piperidine rings is 1. The number of aromatic hydroxyl groups is 1. The molecule has 1 spiro atoms. The van der Waals surface area contributed by atoms with Crippen molar-refractivity contribution in [3.8, 4) is 11.5 Å². The van der Waals surface area contributed by atoms with Crippen LogP contribution in [-0.2, 0) is 11.8 Å². The molecule has 2 bridgehead atoms. The summed E-state index contributed by atoms with van der Waals surface area (Å²) in [5.74, 6) is 1.86. The largest absolute Gasteiger partial charge is 0.504 e. The Morgan fingerprint density at radius 1 is 1.32 bits per heavy atom. The van der Waals surface area contributed by atoms with Gasteiger partial charge in [0.1, 0.15) is 6.10 Å². The number of hydrogen-bond acceptors (Lipinski definition) is 3. The van der Waals surface area contributed by atoms with E-state index in [9.17, 15) is 5.11 Å². The predicted molar refractivity (Wildman–Crippen MR) is 71.7 cm³/mol. The molecule has 1 aromatic carbocycles. The normalized spacial score (nSPS) is 41.6. The maximum absolute atomic E-state index is 10.2. The topological polar surface area (TPSA) is 41.5 Å². The fourth-order valence-corrected chi connectivity index (χ4v) is 5.43. The molecule has 3 nitrogen and oxygen atoms in total. The van der Waals surface area contributed by atoms with Crippen molar-refractivity contribution in [2.24, 2.45) is 5.92 Å². The lowest BCUT2D eigenvalue weighted by Crippen LogP contribution is -2.63. The van der Waals surface area contributed by atoms with Gasteiger partial charge in [-0.2, -0.15) is 0 Å². The molecule has 2 N–H and O–H groups in total. The lowest BCUT2D eigenvalue weighted by molar-refractivity contribution is 0.00298. The predicted octanol–water partition coefficient (Wildman–Crippen LogP) is 2.11. The SMILES string of the molecule is Oc1ccc2c3c1OC1CCCC4C(C2)NCCC314. The first-order valence-corrected chi connectivity index (χ1v) is 7.56. The molecule has 1 saturated carbocycles. The summed E-state index contributed by atoms with van der Waals surface area (Å²) in [7, 11) is 0. The monoisotopic (exact) mass is 257 g/mol. The number of nitrogens with one attached hydrogen (secondary N) is 1. The molecular weight excluding hydrogens is 238 g/mol. The highest BCUT2D eigenvalue weighted by Crippen LogP contribution is 2.62. The van der Waals surface area contributed by atoms with Crippen LogP contribution in [0.2, 0.25) is 0 Å². The third-order valence-corrected chi connectivity index (χ3v) is 6.04. The second-order valence-corrected chi connectivity index (χ2v) is 6.65. The number of phenols is 1. The Morgan fingerprint density at radius 3 is 3.21 bits per heavy atom. The van der Waals surface area contributed by atoms with Gasteiger partial charge >= 0.3 is 0 Å². The molecule has 0 radical (unpaired) electrons. The lowest BCUT2D eigenvalue weighted by atomic mass is 9.52. The summed E-state index contributed by atoms with van der Waals surface area (Å²) in [5, 5.41) is 13.9. The second kappa shape index (κ2) is 3.26. The average Bonchev–Trinajstić information content (AvgIpc) is 2.74. The van der Waals surface area contributed by atoms with Crippen molar-refractivity contribution in [3.63, 3.8) is 0 Å². The Morgan fingerprint density at radius 2 is 2.26 bits per heavy atom. The Balaban J connectivity index is 1.84. The molecule has 4 aliphatic rings. The fourth-order valence-electron chi connectivity index (χ4n) is 5.43. The summed E-state index contributed by atoms with van der Waals surface area (Å²) in [6.45, 7) is 1.09. The van der Waals surface area contributed by atoms with E-state index in [-0.39, 0.29) is 5.41 Å². The summed E-state index contributed by atoms with van der Waals surface area (Å²) in [6.07, 6.45) is 6.30. The minimum absolute atomic E-state index is 0.204. The molecule has 0 aromatic heterocycles. The molecule has 1 aromatic rings. The van der Waals surface area contributed by atoms with E-state index in [0.717, 1.165) is 25.1 Å². The van der Waals surface area contributed by atoms with Crippen molar-refractivity contribution in [2.45, 2.75) is 49.7 Å². The summed E-state index contributed by atoms with van der Waals surface area (Å²) >= 11 is 0. The van der Waals surface area contributed by atoms with E-state index in [4.69, 9.17) is 4.74 Å². The summed E-state index contributed by atoms with van der Waals surface area (Å²) in [5.41, 5.74) is 2.99.